The summed E-state index contributed by atoms with van der Waals surface area (Å²) in [6.45, 7) is 6.52. The number of allylic oxidation sites excluding steroid dienone is 14. The van der Waals surface area contributed by atoms with E-state index < -0.39 is 6.10 Å². The molecule has 0 amide bonds. The molecule has 468 valence electrons. The van der Waals surface area contributed by atoms with Gasteiger partial charge in [0.25, 0.3) is 0 Å². The minimum absolute atomic E-state index is 0.0766. The van der Waals surface area contributed by atoms with E-state index in [0.717, 1.165) is 96.3 Å². The first-order valence-corrected chi connectivity index (χ1v) is 35.1. The van der Waals surface area contributed by atoms with Crippen molar-refractivity contribution in [3.05, 3.63) is 85.1 Å². The van der Waals surface area contributed by atoms with Crippen LogP contribution in [0.4, 0.5) is 0 Å². The molecule has 0 fully saturated rings. The molecule has 0 aromatic carbocycles. The molecule has 0 spiro atoms. The summed E-state index contributed by atoms with van der Waals surface area (Å²) < 4.78 is 16.9. The number of esters is 3. The molecule has 0 aromatic heterocycles. The van der Waals surface area contributed by atoms with Crippen molar-refractivity contribution in [1.82, 2.24) is 0 Å². The predicted octanol–water partition coefficient (Wildman–Crippen LogP) is 24.2. The number of hydrogen-bond acceptors (Lipinski definition) is 6. The molecule has 0 aliphatic heterocycles. The van der Waals surface area contributed by atoms with Crippen LogP contribution in [0.2, 0.25) is 0 Å². The van der Waals surface area contributed by atoms with Gasteiger partial charge in [-0.25, -0.2) is 0 Å². The van der Waals surface area contributed by atoms with Crippen LogP contribution < -0.4 is 0 Å². The van der Waals surface area contributed by atoms with Crippen molar-refractivity contribution in [2.24, 2.45) is 0 Å². The minimum atomic E-state index is -0.780. The minimum Gasteiger partial charge on any atom is -0.462 e. The van der Waals surface area contributed by atoms with Gasteiger partial charge in [-0.3, -0.25) is 14.4 Å². The molecule has 6 nitrogen and oxygen atoms in total. The van der Waals surface area contributed by atoms with Gasteiger partial charge in [-0.2, -0.15) is 0 Å². The molecule has 0 rings (SSSR count). The third-order valence-electron chi connectivity index (χ3n) is 15.4. The van der Waals surface area contributed by atoms with E-state index in [2.05, 4.69) is 106 Å². The lowest BCUT2D eigenvalue weighted by Gasteiger charge is -2.18. The zero-order valence-corrected chi connectivity index (χ0v) is 53.8. The van der Waals surface area contributed by atoms with Crippen molar-refractivity contribution in [2.45, 2.75) is 361 Å². The predicted molar refractivity (Wildman–Crippen MR) is 353 cm³/mol. The van der Waals surface area contributed by atoms with E-state index in [1.165, 1.54) is 218 Å². The molecule has 1 atom stereocenters. The number of unbranched alkanes of at least 4 members (excludes halogenated alkanes) is 39. The fraction of sp³-hybridized carbons (Fsp3) is 0.773. The van der Waals surface area contributed by atoms with Crippen LogP contribution in [0.3, 0.4) is 0 Å². The summed E-state index contributed by atoms with van der Waals surface area (Å²) in [6.07, 6.45) is 91.9. The Kier molecular flexibility index (Phi) is 66.2. The summed E-state index contributed by atoms with van der Waals surface area (Å²) in [5.74, 6) is -0.872. The lowest BCUT2D eigenvalue weighted by molar-refractivity contribution is -0.167. The molecule has 81 heavy (non-hydrogen) atoms. The first-order valence-electron chi connectivity index (χ1n) is 35.1. The lowest BCUT2D eigenvalue weighted by Crippen LogP contribution is -2.30. The number of rotatable bonds is 64. The van der Waals surface area contributed by atoms with Gasteiger partial charge in [-0.05, 0) is 109 Å². The first kappa shape index (κ1) is 77.6. The number of carbonyl (C=O) groups is 3. The van der Waals surface area contributed by atoms with Gasteiger partial charge in [-0.1, -0.05) is 311 Å². The number of ether oxygens (including phenoxy) is 3. The molecule has 0 aliphatic rings. The van der Waals surface area contributed by atoms with Crippen molar-refractivity contribution < 1.29 is 28.6 Å². The van der Waals surface area contributed by atoms with Crippen molar-refractivity contribution >= 4 is 17.9 Å². The van der Waals surface area contributed by atoms with E-state index in [9.17, 15) is 14.4 Å². The average Bonchev–Trinajstić information content (AvgIpc) is 3.47. The largest absolute Gasteiger partial charge is 0.462 e. The van der Waals surface area contributed by atoms with Gasteiger partial charge in [0.1, 0.15) is 13.2 Å². The fourth-order valence-corrected chi connectivity index (χ4v) is 10.1. The molecular weight excluding hydrogens is 997 g/mol. The van der Waals surface area contributed by atoms with E-state index in [0.29, 0.717) is 19.3 Å². The Morgan fingerprint density at radius 2 is 0.494 bits per heavy atom. The molecule has 0 saturated carbocycles. The summed E-state index contributed by atoms with van der Waals surface area (Å²) >= 11 is 0. The van der Waals surface area contributed by atoms with E-state index >= 15 is 0 Å². The van der Waals surface area contributed by atoms with Gasteiger partial charge in [0.15, 0.2) is 6.10 Å². The van der Waals surface area contributed by atoms with Gasteiger partial charge in [-0.15, -0.1) is 0 Å². The van der Waals surface area contributed by atoms with Crippen LogP contribution in [0.5, 0.6) is 0 Å². The molecule has 0 radical (unpaired) electrons. The second-order valence-corrected chi connectivity index (χ2v) is 23.4. The Morgan fingerprint density at radius 1 is 0.259 bits per heavy atom. The number of hydrogen-bond donors (Lipinski definition) is 0. The molecule has 0 aliphatic carbocycles. The maximum atomic E-state index is 12.9. The Bertz CT molecular complexity index is 1530. The van der Waals surface area contributed by atoms with Crippen LogP contribution in [0.25, 0.3) is 0 Å². The highest BCUT2D eigenvalue weighted by Gasteiger charge is 2.19. The Balaban J connectivity index is 4.18. The van der Waals surface area contributed by atoms with E-state index in [1.807, 2.05) is 0 Å². The van der Waals surface area contributed by atoms with Gasteiger partial charge in [0, 0.05) is 19.3 Å². The maximum Gasteiger partial charge on any atom is 0.306 e. The molecular formula is C75H132O6. The summed E-state index contributed by atoms with van der Waals surface area (Å²) in [6, 6.07) is 0. The van der Waals surface area contributed by atoms with Gasteiger partial charge in [0.05, 0.1) is 0 Å². The van der Waals surface area contributed by atoms with Crippen LogP contribution in [0.15, 0.2) is 85.1 Å². The second kappa shape index (κ2) is 69.1. The van der Waals surface area contributed by atoms with E-state index in [4.69, 9.17) is 14.2 Å². The topological polar surface area (TPSA) is 78.9 Å². The maximum absolute atomic E-state index is 12.9. The van der Waals surface area contributed by atoms with Crippen LogP contribution in [-0.4, -0.2) is 37.2 Å². The average molecular weight is 1130 g/mol. The molecule has 0 heterocycles. The van der Waals surface area contributed by atoms with Crippen LogP contribution >= 0.6 is 0 Å². The van der Waals surface area contributed by atoms with Gasteiger partial charge >= 0.3 is 17.9 Å². The van der Waals surface area contributed by atoms with Gasteiger partial charge < -0.3 is 14.2 Å². The highest BCUT2D eigenvalue weighted by Crippen LogP contribution is 2.17. The third kappa shape index (κ3) is 67.3. The lowest BCUT2D eigenvalue weighted by atomic mass is 10.0. The summed E-state index contributed by atoms with van der Waals surface area (Å²) in [4.78, 5) is 38.3. The highest BCUT2D eigenvalue weighted by atomic mass is 16.6. The Hall–Kier alpha value is -3.41. The summed E-state index contributed by atoms with van der Waals surface area (Å²) in [5, 5.41) is 0. The smallest absolute Gasteiger partial charge is 0.306 e. The molecule has 0 N–H and O–H groups in total. The molecule has 0 bridgehead atoms. The SMILES string of the molecule is CC/C=C\C/C=C\C/C=C\C/C=C\C/C=C\CCCCCCCCCCCCCCCCCC(=O)OCC(COC(=O)CCCCCCC/C=C\CCCC)OC(=O)CCCCCCCCCCC/C=C\CCCCCCCCCC. The quantitative estimate of drug-likeness (QED) is 0.0261. The van der Waals surface area contributed by atoms with Crippen molar-refractivity contribution in [3.63, 3.8) is 0 Å². The first-order chi connectivity index (χ1) is 40.0. The fourth-order valence-electron chi connectivity index (χ4n) is 10.1. The Labute approximate surface area is 503 Å². The van der Waals surface area contributed by atoms with Crippen LogP contribution in [-0.2, 0) is 28.6 Å². The molecule has 6 heteroatoms. The van der Waals surface area contributed by atoms with Crippen molar-refractivity contribution in [3.8, 4) is 0 Å². The van der Waals surface area contributed by atoms with Crippen molar-refractivity contribution in [2.75, 3.05) is 13.2 Å². The third-order valence-corrected chi connectivity index (χ3v) is 15.4. The normalized spacial score (nSPS) is 12.6. The molecule has 1 unspecified atom stereocenters. The highest BCUT2D eigenvalue weighted by molar-refractivity contribution is 5.71. The standard InChI is InChI=1S/C75H132O6/c1-4-7-10-13-16-19-22-24-26-28-30-32-33-34-35-36-37-38-39-40-41-43-44-46-48-50-53-56-59-62-65-68-74(77)80-71-72(70-79-73(76)67-64-61-58-55-52-21-18-15-12-9-6-3)81-75(78)69-66-63-60-57-54-51-49-47-45-42-31-29-27-25-23-20-17-14-11-8-5-2/h7,10,15-16,18-19,24,26,29-32,34-35,72H,4-6,8-9,11-14,17,20-23,25,27-28,33,36-71H2,1-3H3/b10-7-,18-15-,19-16-,26-24-,31-29-,32-30-,35-34-. The Morgan fingerprint density at radius 3 is 0.802 bits per heavy atom. The van der Waals surface area contributed by atoms with Crippen molar-refractivity contribution in [1.29, 1.82) is 0 Å². The van der Waals surface area contributed by atoms with E-state index in [1.54, 1.807) is 0 Å². The van der Waals surface area contributed by atoms with Crippen LogP contribution in [0.1, 0.15) is 355 Å². The summed E-state index contributed by atoms with van der Waals surface area (Å²) in [5.41, 5.74) is 0. The second-order valence-electron chi connectivity index (χ2n) is 23.4. The zero-order valence-electron chi connectivity index (χ0n) is 53.8. The van der Waals surface area contributed by atoms with Gasteiger partial charge in [0.2, 0.25) is 0 Å². The van der Waals surface area contributed by atoms with E-state index in [-0.39, 0.29) is 31.1 Å². The monoisotopic (exact) mass is 1130 g/mol. The van der Waals surface area contributed by atoms with Crippen LogP contribution in [0, 0.1) is 0 Å². The zero-order chi connectivity index (χ0) is 58.5. The summed E-state index contributed by atoms with van der Waals surface area (Å²) in [7, 11) is 0. The molecule has 0 saturated heterocycles. The number of carbonyl (C=O) groups excluding carboxylic acids is 3. The molecule has 0 aromatic rings.